The van der Waals surface area contributed by atoms with Crippen molar-refractivity contribution in [2.24, 2.45) is 0 Å². The van der Waals surface area contributed by atoms with Crippen LogP contribution in [-0.2, 0) is 10.0 Å². The predicted molar refractivity (Wildman–Crippen MR) is 145 cm³/mol. The van der Waals surface area contributed by atoms with Crippen molar-refractivity contribution in [1.82, 2.24) is 14.2 Å². The number of aryl methyl sites for hydroxylation is 2. The fourth-order valence-corrected chi connectivity index (χ4v) is 6.18. The van der Waals surface area contributed by atoms with E-state index in [1.54, 1.807) is 4.90 Å². The van der Waals surface area contributed by atoms with Crippen molar-refractivity contribution in [3.05, 3.63) is 53.1 Å². The Morgan fingerprint density at radius 1 is 0.946 bits per heavy atom. The van der Waals surface area contributed by atoms with Crippen molar-refractivity contribution >= 4 is 42.6 Å². The van der Waals surface area contributed by atoms with Gasteiger partial charge < -0.3 is 4.90 Å². The molecule has 0 aliphatic carbocycles. The average molecular weight is 539 g/mol. The Bertz CT molecular complexity index is 1430. The molecule has 0 bridgehead atoms. The van der Waals surface area contributed by atoms with E-state index < -0.39 is 10.0 Å². The quantitative estimate of drug-likeness (QED) is 0.362. The van der Waals surface area contributed by atoms with Crippen molar-refractivity contribution in [3.63, 3.8) is 0 Å². The van der Waals surface area contributed by atoms with Gasteiger partial charge in [-0.2, -0.15) is 14.8 Å². The molecule has 2 aromatic carbocycles. The number of amides is 1. The third-order valence-corrected chi connectivity index (χ3v) is 8.96. The molecule has 0 aliphatic heterocycles. The number of nitriles is 2. The van der Waals surface area contributed by atoms with E-state index in [2.05, 4.69) is 0 Å². The highest BCUT2D eigenvalue weighted by Gasteiger charge is 2.26. The van der Waals surface area contributed by atoms with E-state index in [4.69, 9.17) is 15.5 Å². The molecule has 0 fully saturated rings. The lowest BCUT2D eigenvalue weighted by Crippen LogP contribution is -2.37. The van der Waals surface area contributed by atoms with Crippen LogP contribution in [0.25, 0.3) is 10.2 Å². The summed E-state index contributed by atoms with van der Waals surface area (Å²) < 4.78 is 28.4. The Morgan fingerprint density at radius 3 is 2.14 bits per heavy atom. The molecule has 3 aromatic rings. The minimum atomic E-state index is -3.92. The van der Waals surface area contributed by atoms with E-state index in [1.807, 2.05) is 57.1 Å². The molecule has 0 unspecified atom stereocenters. The van der Waals surface area contributed by atoms with Crippen molar-refractivity contribution in [1.29, 1.82) is 10.5 Å². The number of sulfonamides is 1. The normalized spacial score (nSPS) is 11.6. The number of fused-ring (bicyclic) bond motifs is 1. The molecule has 0 spiro atoms. The van der Waals surface area contributed by atoms with Gasteiger partial charge in [-0.05, 0) is 69.4 Å². The number of likely N-dealkylation sites (N-methyl/N-ethyl adjacent to an activating group) is 1. The molecule has 0 saturated carbocycles. The van der Waals surface area contributed by atoms with E-state index in [1.165, 1.54) is 35.6 Å². The standard InChI is InChI=1S/C26H30N6O3S2/c1-19-7-12-23-24(20(19)2)29-26(36-23)32(18-17-30(3)4)25(33)21-8-10-22(11-9-21)37(34,35)31(15-5-13-27)16-6-14-28/h7-12H,5-6,15-18H2,1-4H3. The number of carbonyl (C=O) groups is 1. The minimum Gasteiger partial charge on any atom is -0.308 e. The maximum atomic E-state index is 13.6. The van der Waals surface area contributed by atoms with Crippen LogP contribution < -0.4 is 4.90 Å². The smallest absolute Gasteiger partial charge is 0.260 e. The highest BCUT2D eigenvalue weighted by Crippen LogP contribution is 2.32. The molecule has 0 N–H and O–H groups in total. The molecule has 1 heterocycles. The van der Waals surface area contributed by atoms with E-state index >= 15 is 0 Å². The molecular weight excluding hydrogens is 508 g/mol. The molecular formula is C26H30N6O3S2. The van der Waals surface area contributed by atoms with Gasteiger partial charge >= 0.3 is 0 Å². The zero-order valence-electron chi connectivity index (χ0n) is 21.4. The van der Waals surface area contributed by atoms with Gasteiger partial charge in [0.05, 0.1) is 27.3 Å². The topological polar surface area (TPSA) is 121 Å². The summed E-state index contributed by atoms with van der Waals surface area (Å²) in [4.78, 5) is 22.0. The zero-order chi connectivity index (χ0) is 27.2. The summed E-state index contributed by atoms with van der Waals surface area (Å²) in [6.45, 7) is 5.08. The summed E-state index contributed by atoms with van der Waals surface area (Å²) in [5, 5.41) is 18.4. The van der Waals surface area contributed by atoms with E-state index in [0.29, 0.717) is 23.8 Å². The van der Waals surface area contributed by atoms with Gasteiger partial charge in [0, 0.05) is 44.6 Å². The van der Waals surface area contributed by atoms with Gasteiger partial charge in [-0.15, -0.1) is 0 Å². The molecule has 11 heteroatoms. The van der Waals surface area contributed by atoms with Gasteiger partial charge in [0.15, 0.2) is 5.13 Å². The van der Waals surface area contributed by atoms with Crippen molar-refractivity contribution in [2.75, 3.05) is 45.2 Å². The van der Waals surface area contributed by atoms with Gasteiger partial charge in [-0.1, -0.05) is 17.4 Å². The number of anilines is 1. The molecule has 0 atom stereocenters. The lowest BCUT2D eigenvalue weighted by Gasteiger charge is -2.22. The number of nitrogens with zero attached hydrogens (tertiary/aromatic N) is 6. The number of thiazole rings is 1. The molecule has 0 radical (unpaired) electrons. The summed E-state index contributed by atoms with van der Waals surface area (Å²) in [5.41, 5.74) is 3.42. The maximum absolute atomic E-state index is 13.6. The highest BCUT2D eigenvalue weighted by molar-refractivity contribution is 7.89. The van der Waals surface area contributed by atoms with Crippen molar-refractivity contribution in [2.45, 2.75) is 31.6 Å². The molecule has 194 valence electrons. The summed E-state index contributed by atoms with van der Waals surface area (Å²) in [6.07, 6.45) is 0.0342. The monoisotopic (exact) mass is 538 g/mol. The fourth-order valence-electron chi connectivity index (χ4n) is 3.69. The molecule has 3 rings (SSSR count). The van der Waals surface area contributed by atoms with Crippen LogP contribution >= 0.6 is 11.3 Å². The third-order valence-electron chi connectivity index (χ3n) is 6.01. The molecule has 1 aromatic heterocycles. The second kappa shape index (κ2) is 12.3. The van der Waals surface area contributed by atoms with Crippen LogP contribution in [0.1, 0.15) is 34.3 Å². The summed E-state index contributed by atoms with van der Waals surface area (Å²) >= 11 is 1.45. The first kappa shape index (κ1) is 28.2. The van der Waals surface area contributed by atoms with Crippen LogP contribution in [0.4, 0.5) is 5.13 Å². The predicted octanol–water partition coefficient (Wildman–Crippen LogP) is 3.94. The van der Waals surface area contributed by atoms with Crippen LogP contribution in [0.15, 0.2) is 41.3 Å². The summed E-state index contributed by atoms with van der Waals surface area (Å²) in [6, 6.07) is 13.7. The second-order valence-electron chi connectivity index (χ2n) is 8.86. The number of hydrogen-bond acceptors (Lipinski definition) is 8. The Balaban J connectivity index is 1.93. The Kier molecular flexibility index (Phi) is 9.35. The highest BCUT2D eigenvalue weighted by atomic mass is 32.2. The van der Waals surface area contributed by atoms with Crippen LogP contribution in [0.5, 0.6) is 0 Å². The first-order chi connectivity index (χ1) is 17.6. The Morgan fingerprint density at radius 2 is 1.57 bits per heavy atom. The average Bonchev–Trinajstić information content (AvgIpc) is 3.31. The second-order valence-corrected chi connectivity index (χ2v) is 11.8. The largest absolute Gasteiger partial charge is 0.308 e. The number of hydrogen-bond donors (Lipinski definition) is 0. The van der Waals surface area contributed by atoms with Crippen molar-refractivity contribution in [3.8, 4) is 12.1 Å². The van der Waals surface area contributed by atoms with Gasteiger partial charge in [0.1, 0.15) is 0 Å². The van der Waals surface area contributed by atoms with Crippen LogP contribution in [0, 0.1) is 36.5 Å². The number of carbonyl (C=O) groups excluding carboxylic acids is 1. The molecule has 0 aliphatic rings. The fraction of sp³-hybridized carbons (Fsp3) is 0.385. The Hall–Kier alpha value is -3.35. The van der Waals surface area contributed by atoms with E-state index in [-0.39, 0.29) is 36.7 Å². The van der Waals surface area contributed by atoms with E-state index in [9.17, 15) is 13.2 Å². The summed E-state index contributed by atoms with van der Waals surface area (Å²) in [5.74, 6) is -0.273. The van der Waals surface area contributed by atoms with Gasteiger partial charge in [-0.3, -0.25) is 9.69 Å². The first-order valence-electron chi connectivity index (χ1n) is 11.8. The molecule has 9 nitrogen and oxygen atoms in total. The first-order valence-corrected chi connectivity index (χ1v) is 14.0. The van der Waals surface area contributed by atoms with Gasteiger partial charge in [0.25, 0.3) is 5.91 Å². The Labute approximate surface area is 222 Å². The van der Waals surface area contributed by atoms with E-state index in [0.717, 1.165) is 25.6 Å². The summed E-state index contributed by atoms with van der Waals surface area (Å²) in [7, 11) is -0.0606. The molecule has 0 saturated heterocycles. The lowest BCUT2D eigenvalue weighted by atomic mass is 10.1. The maximum Gasteiger partial charge on any atom is 0.260 e. The lowest BCUT2D eigenvalue weighted by molar-refractivity contribution is 0.0985. The minimum absolute atomic E-state index is 0.00396. The van der Waals surface area contributed by atoms with Crippen LogP contribution in [-0.4, -0.2) is 68.8 Å². The van der Waals surface area contributed by atoms with Gasteiger partial charge in [0.2, 0.25) is 10.0 Å². The number of aromatic nitrogens is 1. The van der Waals surface area contributed by atoms with Crippen LogP contribution in [0.2, 0.25) is 0 Å². The van der Waals surface area contributed by atoms with Crippen LogP contribution in [0.3, 0.4) is 0 Å². The third kappa shape index (κ3) is 6.51. The molecule has 37 heavy (non-hydrogen) atoms. The van der Waals surface area contributed by atoms with Crippen molar-refractivity contribution < 1.29 is 13.2 Å². The van der Waals surface area contributed by atoms with Gasteiger partial charge in [-0.25, -0.2) is 13.4 Å². The zero-order valence-corrected chi connectivity index (χ0v) is 23.1. The number of benzene rings is 2. The SMILES string of the molecule is Cc1ccc2sc(N(CCN(C)C)C(=O)c3ccc(S(=O)(=O)N(CCC#N)CCC#N)cc3)nc2c1C. The molecule has 1 amide bonds. The number of rotatable bonds is 11.